The Morgan fingerprint density at radius 3 is 2.53 bits per heavy atom. The van der Waals surface area contributed by atoms with Gasteiger partial charge in [0.05, 0.1) is 13.2 Å². The van der Waals surface area contributed by atoms with E-state index in [2.05, 4.69) is 17.5 Å². The number of aliphatic hydroxyl groups excluding tert-OH is 2. The second-order valence-corrected chi connectivity index (χ2v) is 5.51. The molecule has 0 bridgehead atoms. The minimum Gasteiger partial charge on any atom is -0.396 e. The molecule has 1 aromatic heterocycles. The van der Waals surface area contributed by atoms with Gasteiger partial charge in [-0.25, -0.2) is 0 Å². The Hall–Kier alpha value is -0.900. The summed E-state index contributed by atoms with van der Waals surface area (Å²) in [4.78, 5) is 0. The summed E-state index contributed by atoms with van der Waals surface area (Å²) in [7, 11) is 0. The summed E-state index contributed by atoms with van der Waals surface area (Å²) in [5.74, 6) is 0. The van der Waals surface area contributed by atoms with Gasteiger partial charge in [0.1, 0.15) is 0 Å². The van der Waals surface area contributed by atoms with Crippen LogP contribution in [0.2, 0.25) is 0 Å². The molecule has 0 aliphatic heterocycles. The van der Waals surface area contributed by atoms with Crippen molar-refractivity contribution in [1.82, 2.24) is 0 Å². The fourth-order valence-electron chi connectivity index (χ4n) is 2.08. The van der Waals surface area contributed by atoms with Crippen molar-refractivity contribution in [2.24, 2.45) is 5.41 Å². The maximum Gasteiger partial charge on any atom is 0.0512 e. The van der Waals surface area contributed by atoms with Crippen molar-refractivity contribution in [3.8, 4) is 0 Å². The summed E-state index contributed by atoms with van der Waals surface area (Å²) in [6.07, 6.45) is 1.52. The number of benzene rings is 1. The van der Waals surface area contributed by atoms with Crippen LogP contribution in [0.15, 0.2) is 29.6 Å². The standard InChI is InChI=1S/C14H18O2S/c1-2-14(9-15,10-16)7-11-8-17-13-6-4-3-5-12(11)13/h3-6,8,15-16H,2,7,9-10H2,1H3. The van der Waals surface area contributed by atoms with Gasteiger partial charge < -0.3 is 10.2 Å². The van der Waals surface area contributed by atoms with E-state index in [0.29, 0.717) is 0 Å². The normalized spacial score (nSPS) is 12.2. The summed E-state index contributed by atoms with van der Waals surface area (Å²) in [5, 5.41) is 22.4. The zero-order valence-electron chi connectivity index (χ0n) is 10.0. The van der Waals surface area contributed by atoms with Crippen LogP contribution < -0.4 is 0 Å². The molecule has 1 heterocycles. The van der Waals surface area contributed by atoms with E-state index in [-0.39, 0.29) is 18.6 Å². The van der Waals surface area contributed by atoms with Crippen molar-refractivity contribution in [2.45, 2.75) is 19.8 Å². The molecule has 0 fully saturated rings. The van der Waals surface area contributed by atoms with Crippen molar-refractivity contribution in [3.05, 3.63) is 35.2 Å². The third-order valence-corrected chi connectivity index (χ3v) is 4.56. The predicted molar refractivity (Wildman–Crippen MR) is 72.4 cm³/mol. The molecule has 0 radical (unpaired) electrons. The number of hydrogen-bond donors (Lipinski definition) is 2. The highest BCUT2D eigenvalue weighted by atomic mass is 32.1. The van der Waals surface area contributed by atoms with Crippen LogP contribution in [0, 0.1) is 5.41 Å². The van der Waals surface area contributed by atoms with Crippen molar-refractivity contribution in [3.63, 3.8) is 0 Å². The van der Waals surface area contributed by atoms with Crippen LogP contribution in [0.5, 0.6) is 0 Å². The fraction of sp³-hybridized carbons (Fsp3) is 0.429. The van der Waals surface area contributed by atoms with E-state index in [1.807, 2.05) is 19.1 Å². The topological polar surface area (TPSA) is 40.5 Å². The molecule has 17 heavy (non-hydrogen) atoms. The third kappa shape index (κ3) is 2.37. The van der Waals surface area contributed by atoms with Gasteiger partial charge in [-0.05, 0) is 35.2 Å². The lowest BCUT2D eigenvalue weighted by molar-refractivity contribution is 0.0517. The van der Waals surface area contributed by atoms with Crippen LogP contribution in [0.4, 0.5) is 0 Å². The molecule has 92 valence electrons. The maximum absolute atomic E-state index is 9.49. The molecular formula is C14H18O2S. The maximum atomic E-state index is 9.49. The summed E-state index contributed by atoms with van der Waals surface area (Å²) < 4.78 is 1.27. The molecular weight excluding hydrogens is 232 g/mol. The van der Waals surface area contributed by atoms with E-state index in [9.17, 15) is 10.2 Å². The first-order valence-electron chi connectivity index (χ1n) is 5.91. The van der Waals surface area contributed by atoms with E-state index in [1.165, 1.54) is 15.6 Å². The van der Waals surface area contributed by atoms with Crippen LogP contribution in [0.1, 0.15) is 18.9 Å². The summed E-state index contributed by atoms with van der Waals surface area (Å²) >= 11 is 1.72. The van der Waals surface area contributed by atoms with Gasteiger partial charge in [0, 0.05) is 10.1 Å². The third-order valence-electron chi connectivity index (χ3n) is 3.55. The lowest BCUT2D eigenvalue weighted by Gasteiger charge is -2.28. The molecule has 1 aromatic carbocycles. The van der Waals surface area contributed by atoms with Gasteiger partial charge in [-0.3, -0.25) is 0 Å². The second-order valence-electron chi connectivity index (χ2n) is 4.60. The Kier molecular flexibility index (Phi) is 3.82. The first-order chi connectivity index (χ1) is 8.24. The summed E-state index contributed by atoms with van der Waals surface area (Å²) in [6, 6.07) is 8.28. The van der Waals surface area contributed by atoms with E-state index in [4.69, 9.17) is 0 Å². The smallest absolute Gasteiger partial charge is 0.0512 e. The predicted octanol–water partition coefficient (Wildman–Crippen LogP) is 2.82. The number of hydrogen-bond acceptors (Lipinski definition) is 3. The SMILES string of the molecule is CCC(CO)(CO)Cc1csc2ccccc12. The summed E-state index contributed by atoms with van der Waals surface area (Å²) in [5.41, 5.74) is 0.847. The molecule has 0 saturated heterocycles. The molecule has 3 heteroatoms. The van der Waals surface area contributed by atoms with Gasteiger partial charge in [-0.15, -0.1) is 11.3 Å². The molecule has 2 aromatic rings. The molecule has 0 aliphatic rings. The van der Waals surface area contributed by atoms with Crippen molar-refractivity contribution in [1.29, 1.82) is 0 Å². The number of aliphatic hydroxyl groups is 2. The Morgan fingerprint density at radius 1 is 1.18 bits per heavy atom. The minimum absolute atomic E-state index is 0.0319. The van der Waals surface area contributed by atoms with Crippen LogP contribution in [-0.4, -0.2) is 23.4 Å². The van der Waals surface area contributed by atoms with Crippen LogP contribution in [0.25, 0.3) is 10.1 Å². The van der Waals surface area contributed by atoms with Gasteiger partial charge in [0.2, 0.25) is 0 Å². The van der Waals surface area contributed by atoms with Gasteiger partial charge in [-0.1, -0.05) is 25.1 Å². The number of thiophene rings is 1. The largest absolute Gasteiger partial charge is 0.396 e. The summed E-state index contributed by atoms with van der Waals surface area (Å²) in [6.45, 7) is 2.08. The van der Waals surface area contributed by atoms with Crippen molar-refractivity contribution in [2.75, 3.05) is 13.2 Å². The average Bonchev–Trinajstić information content (AvgIpc) is 2.79. The first kappa shape index (κ1) is 12.6. The fourth-order valence-corrected chi connectivity index (χ4v) is 3.05. The quantitative estimate of drug-likeness (QED) is 0.856. The number of fused-ring (bicyclic) bond motifs is 1. The molecule has 0 aliphatic carbocycles. The Bertz CT molecular complexity index is 477. The second kappa shape index (κ2) is 5.17. The van der Waals surface area contributed by atoms with Crippen molar-refractivity contribution < 1.29 is 10.2 Å². The van der Waals surface area contributed by atoms with E-state index < -0.39 is 0 Å². The highest BCUT2D eigenvalue weighted by molar-refractivity contribution is 7.17. The molecule has 0 amide bonds. The molecule has 2 rings (SSSR count). The first-order valence-corrected chi connectivity index (χ1v) is 6.79. The Balaban J connectivity index is 2.34. The molecule has 2 nitrogen and oxygen atoms in total. The van der Waals surface area contributed by atoms with Gasteiger partial charge in [0.15, 0.2) is 0 Å². The Labute approximate surface area is 106 Å². The van der Waals surface area contributed by atoms with E-state index in [0.717, 1.165) is 12.8 Å². The van der Waals surface area contributed by atoms with Gasteiger partial charge in [0.25, 0.3) is 0 Å². The van der Waals surface area contributed by atoms with Crippen LogP contribution in [0.3, 0.4) is 0 Å². The average molecular weight is 250 g/mol. The van der Waals surface area contributed by atoms with Crippen molar-refractivity contribution >= 4 is 21.4 Å². The molecule has 2 N–H and O–H groups in total. The monoisotopic (exact) mass is 250 g/mol. The minimum atomic E-state index is -0.385. The van der Waals surface area contributed by atoms with Gasteiger partial charge in [-0.2, -0.15) is 0 Å². The number of rotatable bonds is 5. The molecule has 0 atom stereocenters. The zero-order valence-corrected chi connectivity index (χ0v) is 10.8. The van der Waals surface area contributed by atoms with Gasteiger partial charge >= 0.3 is 0 Å². The van der Waals surface area contributed by atoms with Crippen LogP contribution >= 0.6 is 11.3 Å². The molecule has 0 saturated carbocycles. The van der Waals surface area contributed by atoms with Crippen LogP contribution in [-0.2, 0) is 6.42 Å². The lowest BCUT2D eigenvalue weighted by atomic mass is 9.81. The highest BCUT2D eigenvalue weighted by Crippen LogP contribution is 2.33. The molecule has 0 unspecified atom stereocenters. The van der Waals surface area contributed by atoms with E-state index >= 15 is 0 Å². The lowest BCUT2D eigenvalue weighted by Crippen LogP contribution is -2.31. The Morgan fingerprint density at radius 2 is 1.88 bits per heavy atom. The van der Waals surface area contributed by atoms with E-state index in [1.54, 1.807) is 11.3 Å². The zero-order chi connectivity index (χ0) is 12.3. The highest BCUT2D eigenvalue weighted by Gasteiger charge is 2.27. The molecule has 0 spiro atoms.